The van der Waals surface area contributed by atoms with Gasteiger partial charge in [-0.05, 0) is 19.1 Å². The maximum Gasteiger partial charge on any atom is 0.103 e. The zero-order chi connectivity index (χ0) is 15.4. The van der Waals surface area contributed by atoms with E-state index < -0.39 is 0 Å². The number of aromatic nitrogens is 1. The van der Waals surface area contributed by atoms with Gasteiger partial charge in [-0.3, -0.25) is 5.01 Å². The molecule has 22 heavy (non-hydrogen) atoms. The van der Waals surface area contributed by atoms with Crippen LogP contribution in [-0.4, -0.2) is 42.0 Å². The Morgan fingerprint density at radius 3 is 2.50 bits per heavy atom. The highest BCUT2D eigenvalue weighted by atomic mass is 15.5. The summed E-state index contributed by atoms with van der Waals surface area (Å²) in [4.78, 5) is 1.65. The Bertz CT molecular complexity index is 619. The fraction of sp³-hybridized carbons (Fsp3) is 0.389. The van der Waals surface area contributed by atoms with Crippen LogP contribution in [0, 0.1) is 6.92 Å². The van der Waals surface area contributed by atoms with Gasteiger partial charge in [-0.25, -0.2) is 0 Å². The monoisotopic (exact) mass is 297 g/mol. The second-order valence-corrected chi connectivity index (χ2v) is 6.15. The molecule has 1 saturated heterocycles. The van der Waals surface area contributed by atoms with Crippen LogP contribution in [0.5, 0.6) is 0 Å². The lowest BCUT2D eigenvalue weighted by Crippen LogP contribution is -3.13. The summed E-state index contributed by atoms with van der Waals surface area (Å²) in [6.07, 6.45) is 4.01. The van der Waals surface area contributed by atoms with Gasteiger partial charge in [0.2, 0.25) is 0 Å². The molecule has 4 heteroatoms. The molecule has 0 bridgehead atoms. The van der Waals surface area contributed by atoms with Crippen LogP contribution in [0.2, 0.25) is 0 Å². The normalized spacial score (nSPS) is 16.5. The van der Waals surface area contributed by atoms with Crippen molar-refractivity contribution in [1.29, 1.82) is 0 Å². The Morgan fingerprint density at radius 2 is 1.86 bits per heavy atom. The van der Waals surface area contributed by atoms with E-state index >= 15 is 0 Å². The van der Waals surface area contributed by atoms with E-state index in [0.29, 0.717) is 0 Å². The molecule has 0 atom stereocenters. The molecule has 2 aromatic rings. The number of hydrogen-bond donors (Lipinski definition) is 1. The topological polar surface area (TPSA) is 25.0 Å². The van der Waals surface area contributed by atoms with Crippen molar-refractivity contribution in [2.24, 2.45) is 12.1 Å². The van der Waals surface area contributed by atoms with Crippen LogP contribution in [0.15, 0.2) is 47.7 Å². The maximum absolute atomic E-state index is 4.61. The van der Waals surface area contributed by atoms with Crippen molar-refractivity contribution in [3.05, 3.63) is 59.4 Å². The van der Waals surface area contributed by atoms with Crippen molar-refractivity contribution in [3.63, 3.8) is 0 Å². The molecular formula is C18H25N4+. The van der Waals surface area contributed by atoms with Crippen LogP contribution in [0.1, 0.15) is 16.8 Å². The first kappa shape index (κ1) is 14.9. The molecule has 3 rings (SSSR count). The molecule has 1 aliphatic rings. The molecule has 0 saturated carbocycles. The quantitative estimate of drug-likeness (QED) is 0.839. The number of rotatable bonds is 4. The number of benzene rings is 1. The number of quaternary nitrogens is 1. The van der Waals surface area contributed by atoms with Gasteiger partial charge >= 0.3 is 0 Å². The van der Waals surface area contributed by atoms with E-state index in [-0.39, 0.29) is 0 Å². The third-order valence-electron chi connectivity index (χ3n) is 4.36. The first-order chi connectivity index (χ1) is 10.7. The van der Waals surface area contributed by atoms with Crippen molar-refractivity contribution in [3.8, 4) is 0 Å². The molecular weight excluding hydrogens is 272 g/mol. The van der Waals surface area contributed by atoms with E-state index in [1.807, 2.05) is 25.5 Å². The van der Waals surface area contributed by atoms with Gasteiger partial charge in [0.25, 0.3) is 0 Å². The summed E-state index contributed by atoms with van der Waals surface area (Å²) >= 11 is 0. The Labute approximate surface area is 132 Å². The maximum atomic E-state index is 4.61. The van der Waals surface area contributed by atoms with Crippen LogP contribution < -0.4 is 4.90 Å². The molecule has 2 heterocycles. The van der Waals surface area contributed by atoms with E-state index in [2.05, 4.69) is 51.9 Å². The highest BCUT2D eigenvalue weighted by Crippen LogP contribution is 2.02. The first-order valence-electron chi connectivity index (χ1n) is 8.00. The van der Waals surface area contributed by atoms with Crippen molar-refractivity contribution >= 4 is 6.21 Å². The molecule has 116 valence electrons. The zero-order valence-electron chi connectivity index (χ0n) is 13.5. The Balaban J connectivity index is 1.49. The minimum atomic E-state index is 1.03. The number of aryl methyl sites for hydroxylation is 2. The molecule has 0 unspecified atom stereocenters. The standard InChI is InChI=1S/C18H24N4/c1-16-5-7-17(8-6-16)15-21-10-12-22(13-11-21)19-14-18-4-3-9-20(18)2/h3-9,14H,10-13,15H2,1-2H3/p+1/b19-14+. The van der Waals surface area contributed by atoms with Gasteiger partial charge in [-0.2, -0.15) is 5.10 Å². The van der Waals surface area contributed by atoms with E-state index in [1.165, 1.54) is 11.1 Å². The average Bonchev–Trinajstić information content (AvgIpc) is 2.94. The third-order valence-corrected chi connectivity index (χ3v) is 4.36. The van der Waals surface area contributed by atoms with Gasteiger partial charge in [-0.15, -0.1) is 0 Å². The van der Waals surface area contributed by atoms with E-state index in [4.69, 9.17) is 0 Å². The predicted octanol–water partition coefficient (Wildman–Crippen LogP) is 1.07. The molecule has 1 aromatic carbocycles. The van der Waals surface area contributed by atoms with Gasteiger partial charge in [-0.1, -0.05) is 29.8 Å². The minimum absolute atomic E-state index is 1.03. The number of nitrogens with one attached hydrogen (secondary N) is 1. The SMILES string of the molecule is Cc1ccc(C[NH+]2CCN(/N=C/c3cccn3C)CC2)cc1. The van der Waals surface area contributed by atoms with Crippen LogP contribution in [0.4, 0.5) is 0 Å². The Hall–Kier alpha value is -2.07. The van der Waals surface area contributed by atoms with Gasteiger partial charge < -0.3 is 9.47 Å². The summed E-state index contributed by atoms with van der Waals surface area (Å²) in [5, 5.41) is 6.80. The molecule has 0 radical (unpaired) electrons. The minimum Gasteiger partial charge on any atom is -0.350 e. The summed E-state index contributed by atoms with van der Waals surface area (Å²) in [5.41, 5.74) is 3.91. The zero-order valence-corrected chi connectivity index (χ0v) is 13.5. The molecule has 1 aliphatic heterocycles. The van der Waals surface area contributed by atoms with Gasteiger partial charge in [0, 0.05) is 18.8 Å². The van der Waals surface area contributed by atoms with Gasteiger partial charge in [0.05, 0.1) is 38.1 Å². The summed E-state index contributed by atoms with van der Waals surface area (Å²) in [7, 11) is 2.05. The van der Waals surface area contributed by atoms with Gasteiger partial charge in [0.15, 0.2) is 0 Å². The van der Waals surface area contributed by atoms with Crippen LogP contribution >= 0.6 is 0 Å². The lowest BCUT2D eigenvalue weighted by atomic mass is 10.1. The number of piperazine rings is 1. The number of hydrazone groups is 1. The van der Waals surface area contributed by atoms with Crippen LogP contribution in [0.25, 0.3) is 0 Å². The van der Waals surface area contributed by atoms with Crippen molar-refractivity contribution in [2.75, 3.05) is 26.2 Å². The van der Waals surface area contributed by atoms with E-state index in [1.54, 1.807) is 4.90 Å². The average molecular weight is 297 g/mol. The highest BCUT2D eigenvalue weighted by Gasteiger charge is 2.18. The van der Waals surface area contributed by atoms with Crippen molar-refractivity contribution < 1.29 is 4.90 Å². The number of hydrogen-bond acceptors (Lipinski definition) is 2. The predicted molar refractivity (Wildman–Crippen MR) is 90.2 cm³/mol. The molecule has 1 N–H and O–H groups in total. The summed E-state index contributed by atoms with van der Waals surface area (Å²) < 4.78 is 2.09. The summed E-state index contributed by atoms with van der Waals surface area (Å²) in [6.45, 7) is 7.62. The van der Waals surface area contributed by atoms with Crippen LogP contribution in [-0.2, 0) is 13.6 Å². The lowest BCUT2D eigenvalue weighted by molar-refractivity contribution is -0.918. The van der Waals surface area contributed by atoms with Crippen LogP contribution in [0.3, 0.4) is 0 Å². The molecule has 1 aromatic heterocycles. The molecule has 0 spiro atoms. The summed E-state index contributed by atoms with van der Waals surface area (Å²) in [5.74, 6) is 0. The van der Waals surface area contributed by atoms with E-state index in [0.717, 1.165) is 38.4 Å². The van der Waals surface area contributed by atoms with Gasteiger partial charge in [0.1, 0.15) is 6.54 Å². The first-order valence-corrected chi connectivity index (χ1v) is 8.00. The fourth-order valence-corrected chi connectivity index (χ4v) is 2.85. The van der Waals surface area contributed by atoms with Crippen molar-refractivity contribution in [2.45, 2.75) is 13.5 Å². The number of nitrogens with zero attached hydrogens (tertiary/aromatic N) is 3. The Kier molecular flexibility index (Phi) is 4.59. The smallest absolute Gasteiger partial charge is 0.103 e. The second-order valence-electron chi connectivity index (χ2n) is 6.15. The largest absolute Gasteiger partial charge is 0.350 e. The molecule has 0 amide bonds. The highest BCUT2D eigenvalue weighted by molar-refractivity contribution is 5.77. The Morgan fingerprint density at radius 1 is 1.14 bits per heavy atom. The van der Waals surface area contributed by atoms with E-state index in [9.17, 15) is 0 Å². The third kappa shape index (κ3) is 3.77. The summed E-state index contributed by atoms with van der Waals surface area (Å²) in [6, 6.07) is 13.0. The van der Waals surface area contributed by atoms with Crippen molar-refractivity contribution in [1.82, 2.24) is 9.58 Å². The lowest BCUT2D eigenvalue weighted by Gasteiger charge is -2.30. The molecule has 4 nitrogen and oxygen atoms in total. The second kappa shape index (κ2) is 6.79. The fourth-order valence-electron chi connectivity index (χ4n) is 2.85. The molecule has 0 aliphatic carbocycles. The molecule has 1 fully saturated rings.